The first kappa shape index (κ1) is 13.8. The molecule has 5 heteroatoms. The Hall–Kier alpha value is -1.88. The van der Waals surface area contributed by atoms with Gasteiger partial charge in [0.1, 0.15) is 11.5 Å². The van der Waals surface area contributed by atoms with Crippen LogP contribution in [0.15, 0.2) is 24.3 Å². The van der Waals surface area contributed by atoms with Crippen LogP contribution in [-0.4, -0.2) is 41.4 Å². The molecule has 2 aliphatic heterocycles. The zero-order valence-corrected chi connectivity index (χ0v) is 12.7. The van der Waals surface area contributed by atoms with Crippen molar-refractivity contribution in [1.82, 2.24) is 10.0 Å². The molecule has 2 saturated heterocycles. The Morgan fingerprint density at radius 1 is 1.14 bits per heavy atom. The van der Waals surface area contributed by atoms with E-state index in [2.05, 4.69) is 5.01 Å². The van der Waals surface area contributed by atoms with E-state index in [9.17, 15) is 9.59 Å². The Kier molecular flexibility index (Phi) is 3.18. The highest BCUT2D eigenvalue weighted by Gasteiger charge is 2.55. The number of hydrogen-bond acceptors (Lipinski definition) is 4. The fraction of sp³-hybridized carbons (Fsp3) is 0.529. The number of hydrazine groups is 1. The number of carbonyl (C=O) groups excluding carboxylic acids is 2. The number of Topliss-reactive ketones (excluding diaryl/α,β-unsaturated/α-hetero) is 1. The Bertz CT molecular complexity index is 613. The van der Waals surface area contributed by atoms with Gasteiger partial charge in [-0.1, -0.05) is 12.1 Å². The summed E-state index contributed by atoms with van der Waals surface area (Å²) >= 11 is 0. The molecule has 3 atom stereocenters. The van der Waals surface area contributed by atoms with Crippen LogP contribution in [0, 0.1) is 5.92 Å². The van der Waals surface area contributed by atoms with Gasteiger partial charge in [0, 0.05) is 19.4 Å². The van der Waals surface area contributed by atoms with Crippen molar-refractivity contribution in [2.45, 2.75) is 37.8 Å². The first-order chi connectivity index (χ1) is 10.7. The number of ketones is 1. The first-order valence-electron chi connectivity index (χ1n) is 7.96. The smallest absolute Gasteiger partial charge is 0.238 e. The molecule has 1 saturated carbocycles. The topological polar surface area (TPSA) is 49.9 Å². The van der Waals surface area contributed by atoms with Crippen molar-refractivity contribution in [3.8, 4) is 5.75 Å². The Morgan fingerprint density at radius 3 is 2.64 bits per heavy atom. The largest absolute Gasteiger partial charge is 0.497 e. The van der Waals surface area contributed by atoms with Crippen LogP contribution in [-0.2, 0) is 9.59 Å². The lowest BCUT2D eigenvalue weighted by atomic mass is 9.78. The molecule has 0 bridgehead atoms. The second kappa shape index (κ2) is 5.09. The fourth-order valence-electron chi connectivity index (χ4n) is 4.30. The molecule has 0 N–H and O–H groups in total. The van der Waals surface area contributed by atoms with Crippen LogP contribution in [0.25, 0.3) is 0 Å². The lowest BCUT2D eigenvalue weighted by molar-refractivity contribution is -0.139. The number of ether oxygens (including phenoxy) is 1. The molecule has 1 aliphatic carbocycles. The quantitative estimate of drug-likeness (QED) is 0.837. The predicted molar refractivity (Wildman–Crippen MR) is 80.0 cm³/mol. The van der Waals surface area contributed by atoms with Gasteiger partial charge in [-0.05, 0) is 30.5 Å². The minimum atomic E-state index is -0.0774. The minimum Gasteiger partial charge on any atom is -0.497 e. The zero-order valence-electron chi connectivity index (χ0n) is 12.7. The van der Waals surface area contributed by atoms with E-state index < -0.39 is 0 Å². The van der Waals surface area contributed by atoms with Crippen molar-refractivity contribution in [3.05, 3.63) is 29.8 Å². The van der Waals surface area contributed by atoms with E-state index in [4.69, 9.17) is 4.74 Å². The first-order valence-corrected chi connectivity index (χ1v) is 7.96. The molecule has 1 aromatic carbocycles. The van der Waals surface area contributed by atoms with Crippen molar-refractivity contribution in [1.29, 1.82) is 0 Å². The average molecular weight is 300 g/mol. The van der Waals surface area contributed by atoms with Crippen LogP contribution < -0.4 is 4.74 Å². The molecule has 0 unspecified atom stereocenters. The van der Waals surface area contributed by atoms with E-state index in [0.717, 1.165) is 30.7 Å². The normalized spacial score (nSPS) is 31.3. The molecule has 0 spiro atoms. The van der Waals surface area contributed by atoms with Crippen molar-refractivity contribution in [2.75, 3.05) is 13.7 Å². The van der Waals surface area contributed by atoms with E-state index in [-0.39, 0.29) is 23.9 Å². The number of carbonyl (C=O) groups is 2. The van der Waals surface area contributed by atoms with Gasteiger partial charge >= 0.3 is 0 Å². The van der Waals surface area contributed by atoms with E-state index in [1.165, 1.54) is 0 Å². The number of nitrogens with zero attached hydrogens (tertiary/aromatic N) is 2. The summed E-state index contributed by atoms with van der Waals surface area (Å²) in [5, 5.41) is 4.01. The number of hydrogen-bond donors (Lipinski definition) is 0. The van der Waals surface area contributed by atoms with Gasteiger partial charge in [0.2, 0.25) is 5.91 Å². The van der Waals surface area contributed by atoms with E-state index in [1.807, 2.05) is 29.3 Å². The number of amides is 1. The molecule has 116 valence electrons. The maximum absolute atomic E-state index is 12.5. The third kappa shape index (κ3) is 1.88. The molecule has 0 radical (unpaired) electrons. The summed E-state index contributed by atoms with van der Waals surface area (Å²) in [7, 11) is 1.64. The third-order valence-corrected chi connectivity index (χ3v) is 5.23. The van der Waals surface area contributed by atoms with Crippen LogP contribution in [0.1, 0.15) is 37.3 Å². The SMILES string of the molecule is COc1ccc([C@@H]2[C@H]3C(=O)CCC[C@H]3N3C(=O)CCN23)cc1. The molecule has 2 heterocycles. The summed E-state index contributed by atoms with van der Waals surface area (Å²) in [4.78, 5) is 24.8. The summed E-state index contributed by atoms with van der Waals surface area (Å²) < 4.78 is 5.22. The van der Waals surface area contributed by atoms with Gasteiger partial charge in [-0.25, -0.2) is 5.01 Å². The molecular weight excluding hydrogens is 280 g/mol. The standard InChI is InChI=1S/C17H20N2O3/c1-22-12-7-5-11(6-8-12)17-16-13(3-2-4-14(16)20)19-15(21)9-10-18(17)19/h5-8,13,16-17H,2-4,9-10H2,1H3/t13-,16-,17-/m1/s1. The molecule has 3 aliphatic rings. The number of benzene rings is 1. The van der Waals surface area contributed by atoms with Crippen LogP contribution in [0.5, 0.6) is 5.75 Å². The highest BCUT2D eigenvalue weighted by atomic mass is 16.5. The number of fused-ring (bicyclic) bond motifs is 3. The summed E-state index contributed by atoms with van der Waals surface area (Å²) in [6, 6.07) is 7.96. The molecule has 1 aromatic rings. The highest BCUT2D eigenvalue weighted by Crippen LogP contribution is 2.48. The van der Waals surface area contributed by atoms with Crippen LogP contribution >= 0.6 is 0 Å². The molecule has 3 fully saturated rings. The lowest BCUT2D eigenvalue weighted by Crippen LogP contribution is -2.42. The maximum atomic E-state index is 12.5. The summed E-state index contributed by atoms with van der Waals surface area (Å²) in [6.07, 6.45) is 3.03. The van der Waals surface area contributed by atoms with Gasteiger partial charge in [-0.2, -0.15) is 0 Å². The zero-order chi connectivity index (χ0) is 15.3. The second-order valence-corrected chi connectivity index (χ2v) is 6.32. The Balaban J connectivity index is 1.75. The van der Waals surface area contributed by atoms with E-state index in [0.29, 0.717) is 18.6 Å². The molecule has 22 heavy (non-hydrogen) atoms. The van der Waals surface area contributed by atoms with Crippen LogP contribution in [0.2, 0.25) is 0 Å². The Morgan fingerprint density at radius 2 is 1.91 bits per heavy atom. The molecule has 1 amide bonds. The van der Waals surface area contributed by atoms with E-state index >= 15 is 0 Å². The van der Waals surface area contributed by atoms with Crippen molar-refractivity contribution >= 4 is 11.7 Å². The van der Waals surface area contributed by atoms with E-state index in [1.54, 1.807) is 7.11 Å². The summed E-state index contributed by atoms with van der Waals surface area (Å²) in [5.41, 5.74) is 1.10. The summed E-state index contributed by atoms with van der Waals surface area (Å²) in [5.74, 6) is 1.20. The van der Waals surface area contributed by atoms with Crippen LogP contribution in [0.4, 0.5) is 0 Å². The average Bonchev–Trinajstić information content (AvgIpc) is 3.07. The highest BCUT2D eigenvalue weighted by molar-refractivity contribution is 5.87. The molecular formula is C17H20N2O3. The van der Waals surface area contributed by atoms with Crippen molar-refractivity contribution in [3.63, 3.8) is 0 Å². The minimum absolute atomic E-state index is 0.00449. The second-order valence-electron chi connectivity index (χ2n) is 6.32. The lowest BCUT2D eigenvalue weighted by Gasteiger charge is -2.29. The van der Waals surface area contributed by atoms with Gasteiger partial charge in [0.15, 0.2) is 0 Å². The fourth-order valence-corrected chi connectivity index (χ4v) is 4.30. The van der Waals surface area contributed by atoms with Crippen LogP contribution in [0.3, 0.4) is 0 Å². The van der Waals surface area contributed by atoms with Gasteiger partial charge in [0.25, 0.3) is 0 Å². The van der Waals surface area contributed by atoms with Gasteiger partial charge in [-0.3, -0.25) is 14.6 Å². The third-order valence-electron chi connectivity index (χ3n) is 5.23. The maximum Gasteiger partial charge on any atom is 0.238 e. The van der Waals surface area contributed by atoms with Crippen molar-refractivity contribution < 1.29 is 14.3 Å². The monoisotopic (exact) mass is 300 g/mol. The molecule has 4 rings (SSSR count). The molecule has 0 aromatic heterocycles. The van der Waals surface area contributed by atoms with Crippen molar-refractivity contribution in [2.24, 2.45) is 5.92 Å². The predicted octanol–water partition coefficient (Wildman–Crippen LogP) is 1.94. The number of methoxy groups -OCH3 is 1. The van der Waals surface area contributed by atoms with Gasteiger partial charge < -0.3 is 4.74 Å². The van der Waals surface area contributed by atoms with Gasteiger partial charge in [-0.15, -0.1) is 0 Å². The molecule has 5 nitrogen and oxygen atoms in total. The van der Waals surface area contributed by atoms with Gasteiger partial charge in [0.05, 0.1) is 25.1 Å². The summed E-state index contributed by atoms with van der Waals surface area (Å²) in [6.45, 7) is 0.718. The Labute approximate surface area is 129 Å². The number of rotatable bonds is 2.